The highest BCUT2D eigenvalue weighted by atomic mass is 32.2. The monoisotopic (exact) mass is 478 g/mol. The second-order valence-electron chi connectivity index (χ2n) is 8.65. The standard InChI is InChI=1S/C31H30N2OS/c1-24-14-8-11-21-29(24)34-23-13-12-22-33-28-20-10-9-19-27(28)32-31(33)30(25-15-4-2-5-16-25)35-26-17-6-3-7-18-26/h2-11,14-21,30H,12-13,22-23H2,1H3. The molecule has 5 rings (SSSR count). The lowest BCUT2D eigenvalue weighted by atomic mass is 10.1. The number of imidazole rings is 1. The van der Waals surface area contributed by atoms with E-state index in [0.29, 0.717) is 6.61 Å². The summed E-state index contributed by atoms with van der Waals surface area (Å²) >= 11 is 1.86. The first-order valence-corrected chi connectivity index (χ1v) is 13.1. The summed E-state index contributed by atoms with van der Waals surface area (Å²) in [7, 11) is 0. The number of nitrogens with zero attached hydrogens (tertiary/aromatic N) is 2. The van der Waals surface area contributed by atoms with E-state index >= 15 is 0 Å². The van der Waals surface area contributed by atoms with Crippen molar-refractivity contribution in [1.29, 1.82) is 0 Å². The van der Waals surface area contributed by atoms with Gasteiger partial charge in [0.2, 0.25) is 0 Å². The SMILES string of the molecule is Cc1ccccc1OCCCCn1c(C(Sc2ccccc2)c2ccccc2)nc2ccccc21. The van der Waals surface area contributed by atoms with Gasteiger partial charge in [0.25, 0.3) is 0 Å². The second kappa shape index (κ2) is 11.3. The van der Waals surface area contributed by atoms with Crippen molar-refractivity contribution in [1.82, 2.24) is 9.55 Å². The van der Waals surface area contributed by atoms with Gasteiger partial charge in [0.15, 0.2) is 0 Å². The number of hydrogen-bond acceptors (Lipinski definition) is 3. The zero-order valence-corrected chi connectivity index (χ0v) is 20.8. The molecule has 1 heterocycles. The lowest BCUT2D eigenvalue weighted by Crippen LogP contribution is -2.10. The lowest BCUT2D eigenvalue weighted by Gasteiger charge is -2.19. The first kappa shape index (κ1) is 23.3. The maximum Gasteiger partial charge on any atom is 0.127 e. The van der Waals surface area contributed by atoms with Crippen molar-refractivity contribution in [3.05, 3.63) is 126 Å². The molecule has 176 valence electrons. The third kappa shape index (κ3) is 5.60. The van der Waals surface area contributed by atoms with Gasteiger partial charge in [-0.3, -0.25) is 0 Å². The molecule has 1 aromatic heterocycles. The minimum atomic E-state index is 0.106. The topological polar surface area (TPSA) is 27.1 Å². The second-order valence-corrected chi connectivity index (χ2v) is 9.83. The van der Waals surface area contributed by atoms with Crippen LogP contribution < -0.4 is 4.74 Å². The van der Waals surface area contributed by atoms with Crippen LogP contribution in [0.15, 0.2) is 114 Å². The van der Waals surface area contributed by atoms with Gasteiger partial charge in [0.05, 0.1) is 22.9 Å². The maximum atomic E-state index is 6.04. The summed E-state index contributed by atoms with van der Waals surface area (Å²) in [6.07, 6.45) is 2.01. The van der Waals surface area contributed by atoms with Gasteiger partial charge >= 0.3 is 0 Å². The van der Waals surface area contributed by atoms with Crippen LogP contribution in [-0.4, -0.2) is 16.2 Å². The Morgan fingerprint density at radius 3 is 2.26 bits per heavy atom. The predicted octanol–water partition coefficient (Wildman–Crippen LogP) is 8.09. The third-order valence-corrected chi connectivity index (χ3v) is 7.41. The van der Waals surface area contributed by atoms with Crippen LogP contribution in [0.25, 0.3) is 11.0 Å². The van der Waals surface area contributed by atoms with E-state index in [2.05, 4.69) is 102 Å². The van der Waals surface area contributed by atoms with Gasteiger partial charge in [-0.2, -0.15) is 0 Å². The number of thioether (sulfide) groups is 1. The Balaban J connectivity index is 1.40. The van der Waals surface area contributed by atoms with Crippen molar-refractivity contribution < 1.29 is 4.74 Å². The Morgan fingerprint density at radius 1 is 0.771 bits per heavy atom. The van der Waals surface area contributed by atoms with Crippen LogP contribution >= 0.6 is 11.8 Å². The Morgan fingerprint density at radius 2 is 1.46 bits per heavy atom. The summed E-state index contributed by atoms with van der Waals surface area (Å²) in [5.41, 5.74) is 4.69. The number of aromatic nitrogens is 2. The third-order valence-electron chi connectivity index (χ3n) is 6.15. The highest BCUT2D eigenvalue weighted by Gasteiger charge is 2.23. The molecule has 0 aliphatic rings. The minimum Gasteiger partial charge on any atom is -0.493 e. The molecule has 0 fully saturated rings. The fraction of sp³-hybridized carbons (Fsp3) is 0.194. The van der Waals surface area contributed by atoms with Crippen LogP contribution in [0.3, 0.4) is 0 Å². The molecule has 5 aromatic rings. The molecule has 0 N–H and O–H groups in total. The molecule has 4 aromatic carbocycles. The lowest BCUT2D eigenvalue weighted by molar-refractivity contribution is 0.301. The van der Waals surface area contributed by atoms with Crippen molar-refractivity contribution in [3.8, 4) is 5.75 Å². The number of para-hydroxylation sites is 3. The van der Waals surface area contributed by atoms with E-state index in [1.807, 2.05) is 30.0 Å². The van der Waals surface area contributed by atoms with Crippen LogP contribution in [-0.2, 0) is 6.54 Å². The Labute approximate surface area is 211 Å². The highest BCUT2D eigenvalue weighted by Crippen LogP contribution is 2.41. The van der Waals surface area contributed by atoms with Gasteiger partial charge in [-0.05, 0) is 61.2 Å². The molecular weight excluding hydrogens is 448 g/mol. The predicted molar refractivity (Wildman–Crippen MR) is 146 cm³/mol. The average molecular weight is 479 g/mol. The zero-order valence-electron chi connectivity index (χ0n) is 20.0. The first-order chi connectivity index (χ1) is 17.3. The largest absolute Gasteiger partial charge is 0.493 e. The summed E-state index contributed by atoms with van der Waals surface area (Å²) in [5, 5.41) is 0.106. The van der Waals surface area contributed by atoms with E-state index < -0.39 is 0 Å². The van der Waals surface area contributed by atoms with Gasteiger partial charge in [0, 0.05) is 11.4 Å². The van der Waals surface area contributed by atoms with Gasteiger partial charge < -0.3 is 9.30 Å². The number of unbranched alkanes of at least 4 members (excludes halogenated alkanes) is 1. The molecule has 0 saturated heterocycles. The van der Waals surface area contributed by atoms with E-state index in [1.165, 1.54) is 21.5 Å². The number of benzene rings is 4. The molecule has 3 nitrogen and oxygen atoms in total. The van der Waals surface area contributed by atoms with Gasteiger partial charge in [-0.25, -0.2) is 4.98 Å². The van der Waals surface area contributed by atoms with E-state index in [0.717, 1.165) is 36.5 Å². The fourth-order valence-corrected chi connectivity index (χ4v) is 5.50. The maximum absolute atomic E-state index is 6.04. The molecule has 0 spiro atoms. The normalized spacial score (nSPS) is 12.0. The molecule has 1 atom stereocenters. The zero-order chi connectivity index (χ0) is 23.9. The molecule has 0 amide bonds. The number of rotatable bonds is 10. The van der Waals surface area contributed by atoms with Gasteiger partial charge in [-0.1, -0.05) is 78.9 Å². The van der Waals surface area contributed by atoms with Crippen LogP contribution in [0.4, 0.5) is 0 Å². The smallest absolute Gasteiger partial charge is 0.127 e. The molecule has 0 aliphatic carbocycles. The van der Waals surface area contributed by atoms with Crippen molar-refractivity contribution in [2.24, 2.45) is 0 Å². The van der Waals surface area contributed by atoms with Crippen LogP contribution in [0.2, 0.25) is 0 Å². The molecular formula is C31H30N2OS. The van der Waals surface area contributed by atoms with Crippen LogP contribution in [0.1, 0.15) is 35.0 Å². The van der Waals surface area contributed by atoms with Crippen molar-refractivity contribution in [2.45, 2.75) is 36.5 Å². The molecule has 35 heavy (non-hydrogen) atoms. The minimum absolute atomic E-state index is 0.106. The molecule has 0 bridgehead atoms. The van der Waals surface area contributed by atoms with Gasteiger partial charge in [0.1, 0.15) is 11.6 Å². The summed E-state index contributed by atoms with van der Waals surface area (Å²) < 4.78 is 8.45. The number of hydrogen-bond donors (Lipinski definition) is 0. The quantitative estimate of drug-likeness (QED) is 0.150. The molecule has 0 aliphatic heterocycles. The van der Waals surface area contributed by atoms with Crippen molar-refractivity contribution in [2.75, 3.05) is 6.61 Å². The van der Waals surface area contributed by atoms with Crippen molar-refractivity contribution in [3.63, 3.8) is 0 Å². The fourth-order valence-electron chi connectivity index (χ4n) is 4.33. The number of aryl methyl sites for hydroxylation is 2. The van der Waals surface area contributed by atoms with Crippen molar-refractivity contribution >= 4 is 22.8 Å². The summed E-state index contributed by atoms with van der Waals surface area (Å²) in [5.74, 6) is 2.08. The van der Waals surface area contributed by atoms with E-state index in [1.54, 1.807) is 0 Å². The van der Waals surface area contributed by atoms with Gasteiger partial charge in [-0.15, -0.1) is 11.8 Å². The molecule has 4 heteroatoms. The summed E-state index contributed by atoms with van der Waals surface area (Å²) in [6.45, 7) is 3.71. The number of fused-ring (bicyclic) bond motifs is 1. The van der Waals surface area contributed by atoms with Crippen LogP contribution in [0, 0.1) is 6.92 Å². The molecule has 1 unspecified atom stereocenters. The summed E-state index contributed by atoms with van der Waals surface area (Å²) in [6, 6.07) is 38.0. The summed E-state index contributed by atoms with van der Waals surface area (Å²) in [4.78, 5) is 6.40. The Bertz CT molecular complexity index is 1360. The highest BCUT2D eigenvalue weighted by molar-refractivity contribution is 7.99. The van der Waals surface area contributed by atoms with E-state index in [9.17, 15) is 0 Å². The molecule has 0 saturated carbocycles. The Hall–Kier alpha value is -3.50. The first-order valence-electron chi connectivity index (χ1n) is 12.2. The van der Waals surface area contributed by atoms with E-state index in [-0.39, 0.29) is 5.25 Å². The number of ether oxygens (including phenoxy) is 1. The average Bonchev–Trinajstić information content (AvgIpc) is 3.27. The molecule has 0 radical (unpaired) electrons. The Kier molecular flexibility index (Phi) is 7.50. The van der Waals surface area contributed by atoms with E-state index in [4.69, 9.17) is 9.72 Å². The van der Waals surface area contributed by atoms with Crippen LogP contribution in [0.5, 0.6) is 5.75 Å².